The average Bonchev–Trinajstić information content (AvgIpc) is 2.26. The molecule has 1 aromatic carbocycles. The van der Waals surface area contributed by atoms with Crippen LogP contribution in [0.5, 0.6) is 0 Å². The quantitative estimate of drug-likeness (QED) is 0.597. The van der Waals surface area contributed by atoms with Crippen molar-refractivity contribution in [2.75, 3.05) is 0 Å². The van der Waals surface area contributed by atoms with Crippen molar-refractivity contribution in [3.05, 3.63) is 34.9 Å². The maximum atomic E-state index is 12.7. The van der Waals surface area contributed by atoms with Crippen LogP contribution in [-0.2, 0) is 5.88 Å². The van der Waals surface area contributed by atoms with Gasteiger partial charge in [0.1, 0.15) is 0 Å². The summed E-state index contributed by atoms with van der Waals surface area (Å²) in [4.78, 5) is 11.3. The standard InChI is InChI=1S/C11H10BrClF2O/c1-6(12)10(16)7-3-2-4-8(11(14)15)9(7)5-13/h2-4,6,11H,5H2,1H3. The van der Waals surface area contributed by atoms with Crippen molar-refractivity contribution in [2.45, 2.75) is 24.1 Å². The van der Waals surface area contributed by atoms with Crippen molar-refractivity contribution in [3.8, 4) is 0 Å². The van der Waals surface area contributed by atoms with Crippen LogP contribution in [0.2, 0.25) is 0 Å². The fourth-order valence-electron chi connectivity index (χ4n) is 1.40. The molecule has 0 amide bonds. The fourth-order valence-corrected chi connectivity index (χ4v) is 1.95. The van der Waals surface area contributed by atoms with E-state index in [9.17, 15) is 13.6 Å². The van der Waals surface area contributed by atoms with Gasteiger partial charge in [-0.3, -0.25) is 4.79 Å². The van der Waals surface area contributed by atoms with Gasteiger partial charge in [-0.05, 0) is 12.5 Å². The van der Waals surface area contributed by atoms with E-state index >= 15 is 0 Å². The molecule has 0 N–H and O–H groups in total. The molecule has 5 heteroatoms. The maximum Gasteiger partial charge on any atom is 0.264 e. The predicted molar refractivity (Wildman–Crippen MR) is 63.7 cm³/mol. The molecule has 88 valence electrons. The summed E-state index contributed by atoms with van der Waals surface area (Å²) in [5.41, 5.74) is 0.307. The minimum atomic E-state index is -2.62. The van der Waals surface area contributed by atoms with Crippen LogP contribution in [0.15, 0.2) is 18.2 Å². The molecule has 0 heterocycles. The van der Waals surface area contributed by atoms with E-state index < -0.39 is 11.3 Å². The SMILES string of the molecule is CC(Br)C(=O)c1cccc(C(F)F)c1CCl. The van der Waals surface area contributed by atoms with Gasteiger partial charge in [-0.25, -0.2) is 8.78 Å². The number of halogens is 4. The third-order valence-corrected chi connectivity index (χ3v) is 2.89. The largest absolute Gasteiger partial charge is 0.293 e. The molecule has 0 aliphatic heterocycles. The number of benzene rings is 1. The zero-order valence-electron chi connectivity index (χ0n) is 8.51. The van der Waals surface area contributed by atoms with E-state index in [0.717, 1.165) is 0 Å². The van der Waals surface area contributed by atoms with Crippen LogP contribution in [0, 0.1) is 0 Å². The molecule has 0 radical (unpaired) electrons. The molecular formula is C11H10BrClF2O. The van der Waals surface area contributed by atoms with Crippen LogP contribution in [0.1, 0.15) is 34.8 Å². The summed E-state index contributed by atoms with van der Waals surface area (Å²) in [6.45, 7) is 1.65. The second-order valence-electron chi connectivity index (χ2n) is 3.29. The lowest BCUT2D eigenvalue weighted by Gasteiger charge is -2.12. The first-order chi connectivity index (χ1) is 7.49. The van der Waals surface area contributed by atoms with E-state index in [2.05, 4.69) is 15.9 Å². The number of rotatable bonds is 4. The molecule has 0 aliphatic rings. The molecule has 1 unspecified atom stereocenters. The smallest absolute Gasteiger partial charge is 0.264 e. The number of alkyl halides is 4. The van der Waals surface area contributed by atoms with Crippen LogP contribution in [-0.4, -0.2) is 10.6 Å². The lowest BCUT2D eigenvalue weighted by Crippen LogP contribution is -2.13. The van der Waals surface area contributed by atoms with Crippen LogP contribution >= 0.6 is 27.5 Å². The molecule has 0 saturated heterocycles. The van der Waals surface area contributed by atoms with Crippen molar-refractivity contribution in [1.29, 1.82) is 0 Å². The molecule has 1 aromatic rings. The molecular weight excluding hydrogens is 301 g/mol. The molecule has 0 fully saturated rings. The summed E-state index contributed by atoms with van der Waals surface area (Å²) >= 11 is 8.75. The van der Waals surface area contributed by atoms with Gasteiger partial charge in [0.2, 0.25) is 0 Å². The van der Waals surface area contributed by atoms with Crippen molar-refractivity contribution >= 4 is 33.3 Å². The zero-order valence-corrected chi connectivity index (χ0v) is 10.9. The van der Waals surface area contributed by atoms with E-state index in [1.807, 2.05) is 0 Å². The van der Waals surface area contributed by atoms with Gasteiger partial charge in [-0.1, -0.05) is 34.1 Å². The van der Waals surface area contributed by atoms with Crippen molar-refractivity contribution in [3.63, 3.8) is 0 Å². The number of Topliss-reactive ketones (excluding diaryl/α,β-unsaturated/α-hetero) is 1. The first kappa shape index (κ1) is 13.6. The highest BCUT2D eigenvalue weighted by Crippen LogP contribution is 2.28. The summed E-state index contributed by atoms with van der Waals surface area (Å²) < 4.78 is 25.4. The highest BCUT2D eigenvalue weighted by atomic mass is 79.9. The Morgan fingerprint density at radius 1 is 1.50 bits per heavy atom. The maximum absolute atomic E-state index is 12.7. The van der Waals surface area contributed by atoms with Gasteiger partial charge in [-0.2, -0.15) is 0 Å². The first-order valence-corrected chi connectivity index (χ1v) is 6.08. The molecule has 0 saturated carbocycles. The Hall–Kier alpha value is -0.480. The number of hydrogen-bond donors (Lipinski definition) is 0. The first-order valence-electron chi connectivity index (χ1n) is 4.63. The monoisotopic (exact) mass is 310 g/mol. The Bertz CT molecular complexity index is 394. The Labute approximate surface area is 106 Å². The molecule has 0 aromatic heterocycles. The summed E-state index contributed by atoms with van der Waals surface area (Å²) in [6.07, 6.45) is -2.62. The number of ketones is 1. The normalized spacial score (nSPS) is 12.9. The Morgan fingerprint density at radius 2 is 2.12 bits per heavy atom. The van der Waals surface area contributed by atoms with Gasteiger partial charge in [-0.15, -0.1) is 11.6 Å². The topological polar surface area (TPSA) is 17.1 Å². The second kappa shape index (κ2) is 5.73. The molecule has 0 bridgehead atoms. The molecule has 1 atom stereocenters. The summed E-state index contributed by atoms with van der Waals surface area (Å²) in [5, 5.41) is 0. The van der Waals surface area contributed by atoms with Crippen molar-refractivity contribution < 1.29 is 13.6 Å². The lowest BCUT2D eigenvalue weighted by atomic mass is 9.98. The second-order valence-corrected chi connectivity index (χ2v) is 4.93. The number of carbonyl (C=O) groups is 1. The molecule has 1 rings (SSSR count). The van der Waals surface area contributed by atoms with Crippen molar-refractivity contribution in [1.82, 2.24) is 0 Å². The highest BCUT2D eigenvalue weighted by Gasteiger charge is 2.21. The Balaban J connectivity index is 3.29. The van der Waals surface area contributed by atoms with Crippen molar-refractivity contribution in [2.24, 2.45) is 0 Å². The Kier molecular flexibility index (Phi) is 4.87. The summed E-state index contributed by atoms with van der Waals surface area (Å²) in [5.74, 6) is -0.334. The van der Waals surface area contributed by atoms with E-state index in [4.69, 9.17) is 11.6 Å². The molecule has 0 spiro atoms. The minimum absolute atomic E-state index is 0.0959. The summed E-state index contributed by atoms with van der Waals surface area (Å²) in [6, 6.07) is 4.25. The van der Waals surface area contributed by atoms with Gasteiger partial charge in [0, 0.05) is 17.0 Å². The lowest BCUT2D eigenvalue weighted by molar-refractivity contribution is 0.0994. The van der Waals surface area contributed by atoms with Crippen LogP contribution < -0.4 is 0 Å². The predicted octanol–water partition coefficient (Wildman–Crippen LogP) is 4.33. The summed E-state index contributed by atoms with van der Waals surface area (Å²) in [7, 11) is 0. The van der Waals surface area contributed by atoms with Crippen LogP contribution in [0.25, 0.3) is 0 Å². The van der Waals surface area contributed by atoms with Gasteiger partial charge < -0.3 is 0 Å². The minimum Gasteiger partial charge on any atom is -0.293 e. The van der Waals surface area contributed by atoms with Gasteiger partial charge in [0.15, 0.2) is 5.78 Å². The van der Waals surface area contributed by atoms with Gasteiger partial charge in [0.25, 0.3) is 6.43 Å². The average molecular weight is 312 g/mol. The number of hydrogen-bond acceptors (Lipinski definition) is 1. The van der Waals surface area contributed by atoms with Gasteiger partial charge >= 0.3 is 0 Å². The van der Waals surface area contributed by atoms with Crippen LogP contribution in [0.4, 0.5) is 8.78 Å². The zero-order chi connectivity index (χ0) is 12.3. The van der Waals surface area contributed by atoms with Crippen LogP contribution in [0.3, 0.4) is 0 Å². The van der Waals surface area contributed by atoms with E-state index in [-0.39, 0.29) is 28.4 Å². The third kappa shape index (κ3) is 2.80. The van der Waals surface area contributed by atoms with E-state index in [1.165, 1.54) is 18.2 Å². The fraction of sp³-hybridized carbons (Fsp3) is 0.364. The highest BCUT2D eigenvalue weighted by molar-refractivity contribution is 9.10. The van der Waals surface area contributed by atoms with Gasteiger partial charge in [0.05, 0.1) is 4.83 Å². The number of carbonyl (C=O) groups excluding carboxylic acids is 1. The Morgan fingerprint density at radius 3 is 2.56 bits per heavy atom. The molecule has 16 heavy (non-hydrogen) atoms. The van der Waals surface area contributed by atoms with E-state index in [0.29, 0.717) is 0 Å². The molecule has 0 aliphatic carbocycles. The molecule has 1 nitrogen and oxygen atoms in total. The van der Waals surface area contributed by atoms with E-state index in [1.54, 1.807) is 6.92 Å². The third-order valence-electron chi connectivity index (χ3n) is 2.21.